The summed E-state index contributed by atoms with van der Waals surface area (Å²) in [5.74, 6) is 2.56. The average molecular weight is 488 g/mol. The van der Waals surface area contributed by atoms with Gasteiger partial charge in [-0.25, -0.2) is 13.2 Å². The molecule has 2 fully saturated rings. The van der Waals surface area contributed by atoms with Crippen molar-refractivity contribution in [3.63, 3.8) is 0 Å². The Bertz CT molecular complexity index is 1200. The second kappa shape index (κ2) is 9.67. The van der Waals surface area contributed by atoms with Crippen LogP contribution >= 0.6 is 0 Å². The lowest BCUT2D eigenvalue weighted by Crippen LogP contribution is -2.32. The number of nitrogens with zero attached hydrogens (tertiary/aromatic N) is 2. The van der Waals surface area contributed by atoms with Crippen LogP contribution in [0.2, 0.25) is 0 Å². The van der Waals surface area contributed by atoms with Gasteiger partial charge in [0.15, 0.2) is 27.2 Å². The molecule has 1 aromatic carbocycles. The molecule has 2 aromatic rings. The van der Waals surface area contributed by atoms with Gasteiger partial charge < -0.3 is 21.1 Å². The molecule has 1 saturated carbocycles. The van der Waals surface area contributed by atoms with E-state index < -0.39 is 9.84 Å². The summed E-state index contributed by atoms with van der Waals surface area (Å²) in [6.45, 7) is 2.21. The number of rotatable bonds is 6. The zero-order valence-corrected chi connectivity index (χ0v) is 20.1. The number of ether oxygens (including phenoxy) is 1. The molecule has 0 radical (unpaired) electrons. The molecule has 2 aliphatic heterocycles. The summed E-state index contributed by atoms with van der Waals surface area (Å²) in [5, 5.41) is 6.69. The molecule has 0 amide bonds. The van der Waals surface area contributed by atoms with Crippen LogP contribution in [0.3, 0.4) is 0 Å². The molecule has 3 heterocycles. The Morgan fingerprint density at radius 3 is 2.59 bits per heavy atom. The Balaban J connectivity index is 1.28. The molecule has 1 aromatic heterocycles. The third kappa shape index (κ3) is 4.99. The van der Waals surface area contributed by atoms with Crippen molar-refractivity contribution in [3.8, 4) is 11.5 Å². The summed E-state index contributed by atoms with van der Waals surface area (Å²) in [6.07, 6.45) is 6.98. The van der Waals surface area contributed by atoms with Gasteiger partial charge in [0.05, 0.1) is 23.4 Å². The van der Waals surface area contributed by atoms with E-state index in [0.717, 1.165) is 63.1 Å². The summed E-state index contributed by atoms with van der Waals surface area (Å²) >= 11 is 0. The van der Waals surface area contributed by atoms with E-state index in [2.05, 4.69) is 27.8 Å². The molecule has 5 rings (SSSR count). The minimum absolute atomic E-state index is 0.00829. The molecule has 10 heteroatoms. The fourth-order valence-electron chi connectivity index (χ4n) is 5.48. The number of benzene rings is 1. The number of hydrogen-bond donors (Lipinski definition) is 3. The highest BCUT2D eigenvalue weighted by atomic mass is 32.2. The number of hydrogen-bond acceptors (Lipinski definition) is 8. The highest BCUT2D eigenvalue weighted by Gasteiger charge is 2.29. The molecular formula is C24H33N5O4S. The molecular weight excluding hydrogens is 454 g/mol. The first kappa shape index (κ1) is 23.3. The quantitative estimate of drug-likeness (QED) is 0.484. The first-order valence-electron chi connectivity index (χ1n) is 12.2. The second-order valence-corrected chi connectivity index (χ2v) is 12.0. The number of anilines is 2. The summed E-state index contributed by atoms with van der Waals surface area (Å²) in [5.41, 5.74) is 7.22. The summed E-state index contributed by atoms with van der Waals surface area (Å²) < 4.78 is 32.0. The molecule has 34 heavy (non-hydrogen) atoms. The molecule has 3 aliphatic rings. The number of nitrogens with one attached hydrogen (secondary N) is 2. The minimum atomic E-state index is -3.11. The lowest BCUT2D eigenvalue weighted by Gasteiger charge is -2.30. The predicted molar refractivity (Wildman–Crippen MR) is 132 cm³/mol. The average Bonchev–Trinajstić information content (AvgIpc) is 2.83. The van der Waals surface area contributed by atoms with E-state index in [4.69, 9.17) is 10.5 Å². The Kier molecular flexibility index (Phi) is 6.63. The largest absolute Gasteiger partial charge is 0.450 e. The van der Waals surface area contributed by atoms with E-state index in [9.17, 15) is 13.2 Å². The molecule has 1 saturated heterocycles. The topological polar surface area (TPSA) is 128 Å². The first-order valence-corrected chi connectivity index (χ1v) is 14.1. The molecule has 9 nitrogen and oxygen atoms in total. The van der Waals surface area contributed by atoms with E-state index in [0.29, 0.717) is 17.5 Å². The van der Waals surface area contributed by atoms with Crippen LogP contribution in [0.1, 0.15) is 56.0 Å². The maximum atomic E-state index is 12.9. The molecule has 4 N–H and O–H groups in total. The fraction of sp³-hybridized carbons (Fsp3) is 0.583. The smallest absolute Gasteiger partial charge is 0.350 e. The summed E-state index contributed by atoms with van der Waals surface area (Å²) in [4.78, 5) is 17.1. The monoisotopic (exact) mass is 487 g/mol. The highest BCUT2D eigenvalue weighted by molar-refractivity contribution is 7.91. The SMILES string of the molecule is NCCS(=O)(=O)CC1CCC(n2cc3c(nc2=O)Nc2cc(C4CCNCC4)ccc2O3)CC1. The number of nitrogens with two attached hydrogens (primary N) is 1. The van der Waals surface area contributed by atoms with Gasteiger partial charge in [-0.15, -0.1) is 0 Å². The molecule has 1 aliphatic carbocycles. The van der Waals surface area contributed by atoms with Crippen molar-refractivity contribution in [2.75, 3.05) is 36.5 Å². The molecule has 0 spiro atoms. The molecule has 0 bridgehead atoms. The van der Waals surface area contributed by atoms with E-state index in [1.54, 1.807) is 10.8 Å². The molecule has 0 atom stereocenters. The van der Waals surface area contributed by atoms with Crippen LogP contribution in [-0.4, -0.2) is 49.1 Å². The number of sulfone groups is 1. The van der Waals surface area contributed by atoms with Crippen molar-refractivity contribution in [2.24, 2.45) is 11.7 Å². The van der Waals surface area contributed by atoms with Crippen molar-refractivity contribution >= 4 is 21.3 Å². The van der Waals surface area contributed by atoms with E-state index in [-0.39, 0.29) is 35.7 Å². The van der Waals surface area contributed by atoms with Crippen molar-refractivity contribution in [1.82, 2.24) is 14.9 Å². The zero-order valence-electron chi connectivity index (χ0n) is 19.3. The third-order valence-corrected chi connectivity index (χ3v) is 9.17. The predicted octanol–water partition coefficient (Wildman–Crippen LogP) is 2.66. The van der Waals surface area contributed by atoms with E-state index >= 15 is 0 Å². The van der Waals surface area contributed by atoms with Crippen molar-refractivity contribution < 1.29 is 13.2 Å². The van der Waals surface area contributed by atoms with Gasteiger partial charge in [-0.05, 0) is 81.1 Å². The summed E-state index contributed by atoms with van der Waals surface area (Å²) in [7, 11) is -3.11. The van der Waals surface area contributed by atoms with Crippen LogP contribution in [0.5, 0.6) is 11.5 Å². The molecule has 0 unspecified atom stereocenters. The van der Waals surface area contributed by atoms with Crippen LogP contribution in [0.25, 0.3) is 0 Å². The van der Waals surface area contributed by atoms with E-state index in [1.165, 1.54) is 5.56 Å². The van der Waals surface area contributed by atoms with Gasteiger partial charge in [-0.2, -0.15) is 4.98 Å². The minimum Gasteiger partial charge on any atom is -0.450 e. The van der Waals surface area contributed by atoms with Crippen molar-refractivity contribution in [1.29, 1.82) is 0 Å². The fourth-order valence-corrected chi connectivity index (χ4v) is 7.06. The van der Waals surface area contributed by atoms with Gasteiger partial charge >= 0.3 is 5.69 Å². The maximum Gasteiger partial charge on any atom is 0.350 e. The van der Waals surface area contributed by atoms with Gasteiger partial charge in [-0.3, -0.25) is 4.57 Å². The Morgan fingerprint density at radius 2 is 1.85 bits per heavy atom. The molecule has 184 valence electrons. The standard InChI is InChI=1S/C24H33N5O4S/c25-9-12-34(31,32)15-16-1-4-19(5-2-16)29-14-22-23(28-24(29)30)27-20-13-18(3-6-21(20)33-22)17-7-10-26-11-8-17/h3,6,13-14,16-17,19,26H,1-2,4-5,7-12,15,25H2,(H,27,28,30). The van der Waals surface area contributed by atoms with E-state index in [1.807, 2.05) is 6.07 Å². The van der Waals surface area contributed by atoms with Gasteiger partial charge in [0.2, 0.25) is 0 Å². The zero-order chi connectivity index (χ0) is 23.7. The Hall–Kier alpha value is -2.43. The number of fused-ring (bicyclic) bond motifs is 2. The summed E-state index contributed by atoms with van der Waals surface area (Å²) in [6, 6.07) is 6.23. The van der Waals surface area contributed by atoms with Gasteiger partial charge in [0.25, 0.3) is 0 Å². The third-order valence-electron chi connectivity index (χ3n) is 7.33. The Labute approximate surface area is 200 Å². The number of aromatic nitrogens is 2. The van der Waals surface area contributed by atoms with Crippen molar-refractivity contribution in [2.45, 2.75) is 50.5 Å². The lowest BCUT2D eigenvalue weighted by atomic mass is 9.87. The highest BCUT2D eigenvalue weighted by Crippen LogP contribution is 2.43. The van der Waals surface area contributed by atoms with Crippen molar-refractivity contribution in [3.05, 3.63) is 40.4 Å². The second-order valence-electron chi connectivity index (χ2n) is 9.73. The van der Waals surface area contributed by atoms with Gasteiger partial charge in [0, 0.05) is 12.6 Å². The normalized spacial score (nSPS) is 22.9. The number of piperidine rings is 1. The van der Waals surface area contributed by atoms with Crippen LogP contribution in [0, 0.1) is 5.92 Å². The van der Waals surface area contributed by atoms with Crippen LogP contribution in [0.15, 0.2) is 29.2 Å². The first-order chi connectivity index (χ1) is 16.4. The van der Waals surface area contributed by atoms with Crippen LogP contribution in [-0.2, 0) is 9.84 Å². The lowest BCUT2D eigenvalue weighted by molar-refractivity contribution is 0.281. The van der Waals surface area contributed by atoms with Crippen LogP contribution < -0.4 is 26.8 Å². The maximum absolute atomic E-state index is 12.9. The van der Waals surface area contributed by atoms with Gasteiger partial charge in [-0.1, -0.05) is 6.07 Å². The van der Waals surface area contributed by atoms with Gasteiger partial charge in [0.1, 0.15) is 0 Å². The van der Waals surface area contributed by atoms with Crippen LogP contribution in [0.4, 0.5) is 11.5 Å². The Morgan fingerprint density at radius 1 is 1.09 bits per heavy atom.